The number of nitrogens with one attached hydrogen (secondary N) is 1. The Balaban J connectivity index is 1.78. The maximum Gasteiger partial charge on any atom is 0.264 e. The lowest BCUT2D eigenvalue weighted by Gasteiger charge is -2.34. The Labute approximate surface area is 263 Å². The van der Waals surface area contributed by atoms with Crippen LogP contribution < -0.4 is 9.62 Å². The van der Waals surface area contributed by atoms with Crippen LogP contribution in [-0.4, -0.2) is 44.3 Å². The van der Waals surface area contributed by atoms with Crippen LogP contribution in [0.15, 0.2) is 108 Å². The lowest BCUT2D eigenvalue weighted by atomic mass is 10.0. The predicted octanol–water partition coefficient (Wildman–Crippen LogP) is 6.15. The molecule has 44 heavy (non-hydrogen) atoms. The van der Waals surface area contributed by atoms with E-state index in [1.807, 2.05) is 44.2 Å². The molecule has 0 heterocycles. The molecule has 2 amide bonds. The molecule has 4 aromatic carbocycles. The van der Waals surface area contributed by atoms with Crippen LogP contribution in [0.4, 0.5) is 10.1 Å². The molecule has 0 aliphatic heterocycles. The van der Waals surface area contributed by atoms with Crippen molar-refractivity contribution in [1.29, 1.82) is 0 Å². The molecular weight excluding hydrogens is 601 g/mol. The first-order valence-corrected chi connectivity index (χ1v) is 16.1. The van der Waals surface area contributed by atoms with Crippen molar-refractivity contribution in [1.82, 2.24) is 10.2 Å². The summed E-state index contributed by atoms with van der Waals surface area (Å²) in [6.45, 7) is 3.66. The molecule has 0 spiro atoms. The number of rotatable bonds is 13. The first-order valence-electron chi connectivity index (χ1n) is 14.3. The van der Waals surface area contributed by atoms with Crippen LogP contribution >= 0.6 is 11.6 Å². The molecule has 7 nitrogen and oxygen atoms in total. The van der Waals surface area contributed by atoms with Gasteiger partial charge in [0.2, 0.25) is 11.8 Å². The van der Waals surface area contributed by atoms with E-state index in [-0.39, 0.29) is 29.5 Å². The second-order valence-corrected chi connectivity index (χ2v) is 12.7. The fourth-order valence-electron chi connectivity index (χ4n) is 4.68. The summed E-state index contributed by atoms with van der Waals surface area (Å²) in [4.78, 5) is 29.3. The molecule has 0 saturated heterocycles. The first kappa shape index (κ1) is 32.7. The average molecular weight is 636 g/mol. The maximum absolute atomic E-state index is 14.4. The fraction of sp³-hybridized carbons (Fsp3) is 0.235. The number of hydrogen-bond acceptors (Lipinski definition) is 4. The van der Waals surface area contributed by atoms with Crippen LogP contribution in [0.1, 0.15) is 30.0 Å². The summed E-state index contributed by atoms with van der Waals surface area (Å²) >= 11 is 6.11. The largest absolute Gasteiger partial charge is 0.354 e. The highest BCUT2D eigenvalue weighted by molar-refractivity contribution is 7.92. The van der Waals surface area contributed by atoms with E-state index in [9.17, 15) is 22.4 Å². The smallest absolute Gasteiger partial charge is 0.264 e. The monoisotopic (exact) mass is 635 g/mol. The van der Waals surface area contributed by atoms with Crippen LogP contribution in [0.3, 0.4) is 0 Å². The Morgan fingerprint density at radius 1 is 0.864 bits per heavy atom. The number of carbonyl (C=O) groups excluding carboxylic acids is 2. The molecule has 0 aliphatic carbocycles. The van der Waals surface area contributed by atoms with Crippen LogP contribution in [0, 0.1) is 12.7 Å². The Morgan fingerprint density at radius 3 is 2.11 bits per heavy atom. The fourth-order valence-corrected chi connectivity index (χ4v) is 6.22. The second-order valence-electron chi connectivity index (χ2n) is 10.4. The number of carbonyl (C=O) groups is 2. The van der Waals surface area contributed by atoms with Gasteiger partial charge in [-0.05, 0) is 73.0 Å². The zero-order valence-electron chi connectivity index (χ0n) is 24.6. The summed E-state index contributed by atoms with van der Waals surface area (Å²) < 4.78 is 42.6. The molecule has 1 atom stereocenters. The third-order valence-corrected chi connectivity index (χ3v) is 9.13. The van der Waals surface area contributed by atoms with Gasteiger partial charge in [0.1, 0.15) is 18.4 Å². The minimum atomic E-state index is -4.31. The quantitative estimate of drug-likeness (QED) is 0.191. The molecule has 0 radical (unpaired) electrons. The lowest BCUT2D eigenvalue weighted by molar-refractivity contribution is -0.140. The van der Waals surface area contributed by atoms with Crippen LogP contribution in [-0.2, 0) is 32.6 Å². The van der Waals surface area contributed by atoms with Crippen molar-refractivity contribution in [2.45, 2.75) is 44.2 Å². The minimum Gasteiger partial charge on any atom is -0.354 e. The highest BCUT2D eigenvalue weighted by Crippen LogP contribution is 2.26. The summed E-state index contributed by atoms with van der Waals surface area (Å²) in [6, 6.07) is 26.5. The third kappa shape index (κ3) is 8.45. The molecule has 4 rings (SSSR count). The lowest BCUT2D eigenvalue weighted by Crippen LogP contribution is -2.53. The van der Waals surface area contributed by atoms with Gasteiger partial charge in [-0.25, -0.2) is 12.8 Å². The van der Waals surface area contributed by atoms with Gasteiger partial charge in [0.25, 0.3) is 10.0 Å². The summed E-state index contributed by atoms with van der Waals surface area (Å²) in [6.07, 6.45) is 0.914. The van der Waals surface area contributed by atoms with Crippen molar-refractivity contribution in [2.75, 3.05) is 17.4 Å². The van der Waals surface area contributed by atoms with Gasteiger partial charge in [-0.1, -0.05) is 78.7 Å². The van der Waals surface area contributed by atoms with Crippen molar-refractivity contribution < 1.29 is 22.4 Å². The number of hydrogen-bond donors (Lipinski definition) is 1. The van der Waals surface area contributed by atoms with Gasteiger partial charge in [-0.3, -0.25) is 13.9 Å². The molecule has 0 saturated carbocycles. The van der Waals surface area contributed by atoms with Crippen molar-refractivity contribution in [2.24, 2.45) is 0 Å². The van der Waals surface area contributed by atoms with Gasteiger partial charge in [0, 0.05) is 24.5 Å². The van der Waals surface area contributed by atoms with E-state index >= 15 is 0 Å². The number of sulfonamides is 1. The van der Waals surface area contributed by atoms with Gasteiger partial charge in [0.15, 0.2) is 0 Å². The summed E-state index contributed by atoms with van der Waals surface area (Å²) in [5.74, 6) is -1.52. The normalized spacial score (nSPS) is 11.9. The molecule has 0 bridgehead atoms. The van der Waals surface area contributed by atoms with E-state index in [1.54, 1.807) is 48.5 Å². The maximum atomic E-state index is 14.4. The summed E-state index contributed by atoms with van der Waals surface area (Å²) in [7, 11) is -4.31. The standard InChI is InChI=1S/C34H35ClFN3O4S/c1-3-21-37-34(41)32(22-26-7-5-4-6-8-26)38(23-27-11-13-28(35)14-12-27)33(40)24-39(30-17-9-25(2)10-18-30)44(42,43)31-19-15-29(36)16-20-31/h4-20,32H,3,21-24H2,1-2H3,(H,37,41). The Morgan fingerprint density at radius 2 is 1.50 bits per heavy atom. The molecular formula is C34H35ClFN3O4S. The van der Waals surface area contributed by atoms with Crippen LogP contribution in [0.5, 0.6) is 0 Å². The van der Waals surface area contributed by atoms with E-state index in [0.29, 0.717) is 23.6 Å². The van der Waals surface area contributed by atoms with Gasteiger partial charge < -0.3 is 10.2 Å². The van der Waals surface area contributed by atoms with E-state index in [0.717, 1.165) is 39.7 Å². The zero-order valence-corrected chi connectivity index (χ0v) is 26.2. The van der Waals surface area contributed by atoms with Crippen molar-refractivity contribution in [3.8, 4) is 0 Å². The summed E-state index contributed by atoms with van der Waals surface area (Å²) in [5.41, 5.74) is 2.72. The Hall–Kier alpha value is -4.21. The van der Waals surface area contributed by atoms with Gasteiger partial charge in [-0.2, -0.15) is 0 Å². The number of anilines is 1. The molecule has 0 aromatic heterocycles. The van der Waals surface area contributed by atoms with Crippen LogP contribution in [0.25, 0.3) is 0 Å². The highest BCUT2D eigenvalue weighted by atomic mass is 35.5. The molecule has 1 N–H and O–H groups in total. The minimum absolute atomic E-state index is 0.0331. The van der Waals surface area contributed by atoms with Crippen molar-refractivity contribution in [3.63, 3.8) is 0 Å². The number of benzene rings is 4. The molecule has 1 unspecified atom stereocenters. The zero-order chi connectivity index (χ0) is 31.7. The van der Waals surface area contributed by atoms with Gasteiger partial charge >= 0.3 is 0 Å². The highest BCUT2D eigenvalue weighted by Gasteiger charge is 2.34. The van der Waals surface area contributed by atoms with E-state index in [2.05, 4.69) is 5.32 Å². The topological polar surface area (TPSA) is 86.8 Å². The van der Waals surface area contributed by atoms with E-state index in [4.69, 9.17) is 11.6 Å². The van der Waals surface area contributed by atoms with Crippen molar-refractivity contribution in [3.05, 3.63) is 131 Å². The number of halogens is 2. The van der Waals surface area contributed by atoms with E-state index in [1.165, 1.54) is 4.90 Å². The number of amides is 2. The molecule has 0 aliphatic rings. The molecule has 10 heteroatoms. The predicted molar refractivity (Wildman–Crippen MR) is 171 cm³/mol. The number of aryl methyl sites for hydroxylation is 1. The average Bonchev–Trinajstić information content (AvgIpc) is 3.02. The SMILES string of the molecule is CCCNC(=O)C(Cc1ccccc1)N(Cc1ccc(Cl)cc1)C(=O)CN(c1ccc(C)cc1)S(=O)(=O)c1ccc(F)cc1. The third-order valence-electron chi connectivity index (χ3n) is 7.09. The summed E-state index contributed by atoms with van der Waals surface area (Å²) in [5, 5.41) is 3.43. The van der Waals surface area contributed by atoms with Gasteiger partial charge in [-0.15, -0.1) is 0 Å². The number of nitrogens with zero attached hydrogens (tertiary/aromatic N) is 2. The Bertz CT molecular complexity index is 1650. The van der Waals surface area contributed by atoms with E-state index < -0.39 is 34.3 Å². The van der Waals surface area contributed by atoms with Gasteiger partial charge in [0.05, 0.1) is 10.6 Å². The van der Waals surface area contributed by atoms with Crippen LogP contribution in [0.2, 0.25) is 5.02 Å². The van der Waals surface area contributed by atoms with Crippen molar-refractivity contribution >= 4 is 39.1 Å². The Kier molecular flexibility index (Phi) is 11.1. The molecule has 230 valence electrons. The molecule has 0 fully saturated rings. The first-order chi connectivity index (χ1) is 21.1. The second kappa shape index (κ2) is 15.0. The molecule has 4 aromatic rings.